The van der Waals surface area contributed by atoms with Gasteiger partial charge >= 0.3 is 0 Å². The Balaban J connectivity index is 2.16. The van der Waals surface area contributed by atoms with Crippen LogP contribution in [0.2, 0.25) is 5.02 Å². The highest BCUT2D eigenvalue weighted by Crippen LogP contribution is 2.30. The largest absolute Gasteiger partial charge is 0.495 e. The summed E-state index contributed by atoms with van der Waals surface area (Å²) in [5.74, 6) is -0.263. The molecule has 0 bridgehead atoms. The van der Waals surface area contributed by atoms with E-state index in [1.54, 1.807) is 0 Å². The highest BCUT2D eigenvalue weighted by Gasteiger charge is 2.33. The summed E-state index contributed by atoms with van der Waals surface area (Å²) in [6, 6.07) is 4.30. The number of hydrogen-bond donors (Lipinski definition) is 2. The molecule has 1 atom stereocenters. The number of halogens is 1. The van der Waals surface area contributed by atoms with Crippen molar-refractivity contribution < 1.29 is 23.1 Å². The zero-order valence-corrected chi connectivity index (χ0v) is 14.9. The maximum Gasteiger partial charge on any atom is 0.243 e. The minimum atomic E-state index is -3.73. The molecule has 1 aromatic carbocycles. The fourth-order valence-corrected chi connectivity index (χ4v) is 4.53. The highest BCUT2D eigenvalue weighted by molar-refractivity contribution is 7.89. The van der Waals surface area contributed by atoms with Gasteiger partial charge in [0.2, 0.25) is 15.9 Å². The van der Waals surface area contributed by atoms with E-state index in [0.29, 0.717) is 25.1 Å². The third kappa shape index (κ3) is 4.18. The second-order valence-electron chi connectivity index (χ2n) is 5.51. The van der Waals surface area contributed by atoms with E-state index in [9.17, 15) is 13.2 Å². The minimum Gasteiger partial charge on any atom is -0.495 e. The first-order chi connectivity index (χ1) is 11.4. The third-order valence-corrected chi connectivity index (χ3v) is 6.08. The SMILES string of the molecule is COc1ccc(S(=O)(=O)N2CCC[C@H](C(=O)NCCO)C2)cc1Cl. The molecule has 0 aliphatic carbocycles. The van der Waals surface area contributed by atoms with Gasteiger partial charge in [0.1, 0.15) is 5.75 Å². The maximum absolute atomic E-state index is 12.8. The summed E-state index contributed by atoms with van der Waals surface area (Å²) in [5, 5.41) is 11.6. The number of piperidine rings is 1. The van der Waals surface area contributed by atoms with Crippen molar-refractivity contribution in [2.75, 3.05) is 33.4 Å². The lowest BCUT2D eigenvalue weighted by Crippen LogP contribution is -2.45. The van der Waals surface area contributed by atoms with Crippen molar-refractivity contribution in [1.29, 1.82) is 0 Å². The van der Waals surface area contributed by atoms with Crippen LogP contribution in [0.15, 0.2) is 23.1 Å². The van der Waals surface area contributed by atoms with Gasteiger partial charge in [-0.3, -0.25) is 4.79 Å². The van der Waals surface area contributed by atoms with Crippen LogP contribution >= 0.6 is 11.6 Å². The van der Waals surface area contributed by atoms with Crippen molar-refractivity contribution in [2.24, 2.45) is 5.92 Å². The van der Waals surface area contributed by atoms with Gasteiger partial charge in [0.15, 0.2) is 0 Å². The lowest BCUT2D eigenvalue weighted by atomic mass is 9.99. The molecule has 0 unspecified atom stereocenters. The van der Waals surface area contributed by atoms with E-state index >= 15 is 0 Å². The molecule has 24 heavy (non-hydrogen) atoms. The molecule has 0 aromatic heterocycles. The predicted molar refractivity (Wildman–Crippen MR) is 89.6 cm³/mol. The molecule has 1 aliphatic heterocycles. The first kappa shape index (κ1) is 19.0. The van der Waals surface area contributed by atoms with E-state index in [2.05, 4.69) is 5.32 Å². The summed E-state index contributed by atoms with van der Waals surface area (Å²) < 4.78 is 31.9. The van der Waals surface area contributed by atoms with Crippen LogP contribution < -0.4 is 10.1 Å². The van der Waals surface area contributed by atoms with Crippen molar-refractivity contribution in [3.63, 3.8) is 0 Å². The summed E-state index contributed by atoms with van der Waals surface area (Å²) >= 11 is 6.02. The van der Waals surface area contributed by atoms with E-state index in [1.807, 2.05) is 0 Å². The number of rotatable bonds is 6. The maximum atomic E-state index is 12.8. The number of aliphatic hydroxyl groups is 1. The van der Waals surface area contributed by atoms with Crippen molar-refractivity contribution in [3.05, 3.63) is 23.2 Å². The van der Waals surface area contributed by atoms with Gasteiger partial charge in [-0.15, -0.1) is 0 Å². The first-order valence-electron chi connectivity index (χ1n) is 7.62. The van der Waals surface area contributed by atoms with Crippen LogP contribution in [0.5, 0.6) is 5.75 Å². The average molecular weight is 377 g/mol. The summed E-state index contributed by atoms with van der Waals surface area (Å²) in [4.78, 5) is 12.1. The molecule has 9 heteroatoms. The molecule has 1 heterocycles. The van der Waals surface area contributed by atoms with Gasteiger partial charge < -0.3 is 15.2 Å². The fraction of sp³-hybridized carbons (Fsp3) is 0.533. The molecular formula is C15H21ClN2O5S. The number of sulfonamides is 1. The van der Waals surface area contributed by atoms with E-state index in [0.717, 1.165) is 0 Å². The quantitative estimate of drug-likeness (QED) is 0.767. The highest BCUT2D eigenvalue weighted by atomic mass is 35.5. The second kappa shape index (κ2) is 8.15. The van der Waals surface area contributed by atoms with Crippen molar-refractivity contribution in [3.8, 4) is 5.75 Å². The van der Waals surface area contributed by atoms with Gasteiger partial charge in [-0.2, -0.15) is 4.31 Å². The molecule has 1 fully saturated rings. The van der Waals surface area contributed by atoms with Crippen LogP contribution in [0.25, 0.3) is 0 Å². The van der Waals surface area contributed by atoms with Crippen molar-refractivity contribution in [1.82, 2.24) is 9.62 Å². The number of ether oxygens (including phenoxy) is 1. The van der Waals surface area contributed by atoms with E-state index < -0.39 is 15.9 Å². The van der Waals surface area contributed by atoms with E-state index in [-0.39, 0.29) is 35.5 Å². The smallest absolute Gasteiger partial charge is 0.243 e. The number of nitrogens with one attached hydrogen (secondary N) is 1. The number of carbonyl (C=O) groups is 1. The number of methoxy groups -OCH3 is 1. The Morgan fingerprint density at radius 3 is 2.88 bits per heavy atom. The number of aliphatic hydroxyl groups excluding tert-OH is 1. The lowest BCUT2D eigenvalue weighted by Gasteiger charge is -2.31. The number of benzene rings is 1. The van der Waals surface area contributed by atoms with Gasteiger partial charge in [0, 0.05) is 19.6 Å². The Morgan fingerprint density at radius 1 is 1.50 bits per heavy atom. The van der Waals surface area contributed by atoms with Crippen LogP contribution in [-0.4, -0.2) is 57.1 Å². The number of carbonyl (C=O) groups excluding carboxylic acids is 1. The summed E-state index contributed by atoms with van der Waals surface area (Å²) in [6.07, 6.45) is 1.22. The Kier molecular flexibility index (Phi) is 6.45. The Morgan fingerprint density at radius 2 is 2.25 bits per heavy atom. The molecule has 2 rings (SSSR count). The van der Waals surface area contributed by atoms with Crippen molar-refractivity contribution in [2.45, 2.75) is 17.7 Å². The zero-order valence-electron chi connectivity index (χ0n) is 13.4. The predicted octanol–water partition coefficient (Wildman–Crippen LogP) is 0.858. The van der Waals surface area contributed by atoms with Crippen LogP contribution in [0.3, 0.4) is 0 Å². The topological polar surface area (TPSA) is 95.9 Å². The molecule has 0 saturated carbocycles. The Bertz CT molecular complexity index is 695. The van der Waals surface area contributed by atoms with E-state index in [1.165, 1.54) is 29.6 Å². The number of amides is 1. The Hall–Kier alpha value is -1.35. The molecule has 2 N–H and O–H groups in total. The van der Waals surface area contributed by atoms with Crippen LogP contribution in [-0.2, 0) is 14.8 Å². The minimum absolute atomic E-state index is 0.0738. The molecule has 0 spiro atoms. The number of hydrogen-bond acceptors (Lipinski definition) is 5. The summed E-state index contributed by atoms with van der Waals surface area (Å²) in [6.45, 7) is 0.486. The average Bonchev–Trinajstić information content (AvgIpc) is 2.59. The number of nitrogens with zero attached hydrogens (tertiary/aromatic N) is 1. The van der Waals surface area contributed by atoms with Gasteiger partial charge in [-0.1, -0.05) is 11.6 Å². The molecule has 134 valence electrons. The van der Waals surface area contributed by atoms with Crippen molar-refractivity contribution >= 4 is 27.5 Å². The monoisotopic (exact) mass is 376 g/mol. The van der Waals surface area contributed by atoms with Gasteiger partial charge in [0.05, 0.1) is 29.6 Å². The third-order valence-electron chi connectivity index (χ3n) is 3.93. The van der Waals surface area contributed by atoms with Crippen LogP contribution in [0, 0.1) is 5.92 Å². The fourth-order valence-electron chi connectivity index (χ4n) is 2.65. The Labute approximate surface area is 146 Å². The van der Waals surface area contributed by atoms with Crippen LogP contribution in [0.4, 0.5) is 0 Å². The van der Waals surface area contributed by atoms with Gasteiger partial charge in [0.25, 0.3) is 0 Å². The standard InChI is InChI=1S/C15H21ClN2O5S/c1-23-14-5-4-12(9-13(14)16)24(21,22)18-7-2-3-11(10-18)15(20)17-6-8-19/h4-5,9,11,19H,2-3,6-8,10H2,1H3,(H,17,20)/t11-/m0/s1. The van der Waals surface area contributed by atoms with E-state index in [4.69, 9.17) is 21.4 Å². The summed E-state index contributed by atoms with van der Waals surface area (Å²) in [7, 11) is -2.28. The molecule has 1 saturated heterocycles. The molecule has 0 radical (unpaired) electrons. The normalized spacial score (nSPS) is 19.0. The van der Waals surface area contributed by atoms with Gasteiger partial charge in [-0.05, 0) is 31.0 Å². The lowest BCUT2D eigenvalue weighted by molar-refractivity contribution is -0.126. The first-order valence-corrected chi connectivity index (χ1v) is 9.44. The molecule has 7 nitrogen and oxygen atoms in total. The second-order valence-corrected chi connectivity index (χ2v) is 7.86. The zero-order chi connectivity index (χ0) is 17.7. The van der Waals surface area contributed by atoms with Gasteiger partial charge in [-0.25, -0.2) is 8.42 Å². The molecule has 1 amide bonds. The summed E-state index contributed by atoms with van der Waals surface area (Å²) in [5.41, 5.74) is 0. The molecular weight excluding hydrogens is 356 g/mol. The van der Waals surface area contributed by atoms with Crippen LogP contribution in [0.1, 0.15) is 12.8 Å². The molecule has 1 aromatic rings. The molecule has 1 aliphatic rings.